The van der Waals surface area contributed by atoms with Crippen LogP contribution in [-0.2, 0) is 11.3 Å². The molecule has 0 saturated carbocycles. The number of hydrogen-bond donors (Lipinski definition) is 1. The molecule has 5 nitrogen and oxygen atoms in total. The van der Waals surface area contributed by atoms with E-state index in [9.17, 15) is 4.79 Å². The summed E-state index contributed by atoms with van der Waals surface area (Å²) in [6, 6.07) is 11.0. The summed E-state index contributed by atoms with van der Waals surface area (Å²) in [5.74, 6) is 0.288. The first-order valence-corrected chi connectivity index (χ1v) is 6.73. The van der Waals surface area contributed by atoms with E-state index < -0.39 is 0 Å². The molecule has 1 aromatic heterocycles. The second-order valence-corrected chi connectivity index (χ2v) is 4.36. The molecular formula is C16H18N2O3. The third-order valence-corrected chi connectivity index (χ3v) is 2.90. The van der Waals surface area contributed by atoms with Gasteiger partial charge in [-0.2, -0.15) is 0 Å². The number of benzene rings is 1. The fraction of sp³-hybridized carbons (Fsp3) is 0.250. The molecule has 0 radical (unpaired) electrons. The first kappa shape index (κ1) is 14.8. The number of pyridine rings is 1. The quantitative estimate of drug-likeness (QED) is 0.827. The number of anilines is 1. The van der Waals surface area contributed by atoms with Crippen molar-refractivity contribution in [2.24, 2.45) is 0 Å². The molecule has 0 aliphatic carbocycles. The molecule has 0 saturated heterocycles. The Hall–Kier alpha value is -2.56. The van der Waals surface area contributed by atoms with Gasteiger partial charge in [0.1, 0.15) is 0 Å². The predicted octanol–water partition coefficient (Wildman–Crippen LogP) is 2.88. The second kappa shape index (κ2) is 7.28. The molecule has 1 aromatic carbocycles. The first-order chi connectivity index (χ1) is 10.2. The van der Waals surface area contributed by atoms with E-state index >= 15 is 0 Å². The number of esters is 1. The Morgan fingerprint density at radius 1 is 1.19 bits per heavy atom. The first-order valence-electron chi connectivity index (χ1n) is 6.73. The molecule has 0 spiro atoms. The smallest absolute Gasteiger partial charge is 0.337 e. The van der Waals surface area contributed by atoms with Crippen molar-refractivity contribution in [2.45, 2.75) is 13.5 Å². The van der Waals surface area contributed by atoms with Gasteiger partial charge in [0.05, 0.1) is 31.2 Å². The fourth-order valence-electron chi connectivity index (χ4n) is 1.80. The number of ether oxygens (including phenoxy) is 2. The monoisotopic (exact) mass is 286 g/mol. The Morgan fingerprint density at radius 3 is 2.52 bits per heavy atom. The average Bonchev–Trinajstić information content (AvgIpc) is 2.54. The largest absolute Gasteiger partial charge is 0.478 e. The van der Waals surface area contributed by atoms with E-state index in [1.54, 1.807) is 18.3 Å². The number of carbonyl (C=O) groups is 1. The lowest BCUT2D eigenvalue weighted by molar-refractivity contribution is 0.0600. The van der Waals surface area contributed by atoms with Gasteiger partial charge in [-0.05, 0) is 30.7 Å². The van der Waals surface area contributed by atoms with Gasteiger partial charge in [-0.1, -0.05) is 12.1 Å². The van der Waals surface area contributed by atoms with Gasteiger partial charge in [0.2, 0.25) is 5.88 Å². The number of nitrogens with one attached hydrogen (secondary N) is 1. The van der Waals surface area contributed by atoms with Gasteiger partial charge in [0.25, 0.3) is 0 Å². The van der Waals surface area contributed by atoms with Gasteiger partial charge >= 0.3 is 5.97 Å². The molecule has 110 valence electrons. The van der Waals surface area contributed by atoms with Crippen LogP contribution in [0.4, 0.5) is 5.69 Å². The number of aromatic nitrogens is 1. The third kappa shape index (κ3) is 4.21. The van der Waals surface area contributed by atoms with E-state index in [0.717, 1.165) is 11.3 Å². The van der Waals surface area contributed by atoms with Crippen molar-refractivity contribution >= 4 is 11.7 Å². The standard InChI is InChI=1S/C16H18N2O3/c1-3-21-15-9-8-14(11-18-15)17-10-12-4-6-13(7-5-12)16(19)20-2/h4-9,11,17H,3,10H2,1-2H3. The van der Waals surface area contributed by atoms with Crippen LogP contribution in [0.5, 0.6) is 5.88 Å². The molecule has 1 N–H and O–H groups in total. The van der Waals surface area contributed by atoms with Gasteiger partial charge in [0.15, 0.2) is 0 Å². The van der Waals surface area contributed by atoms with Crippen LogP contribution >= 0.6 is 0 Å². The summed E-state index contributed by atoms with van der Waals surface area (Å²) in [6.45, 7) is 3.18. The van der Waals surface area contributed by atoms with E-state index in [-0.39, 0.29) is 5.97 Å². The highest BCUT2D eigenvalue weighted by Gasteiger charge is 2.04. The van der Waals surface area contributed by atoms with Crippen molar-refractivity contribution in [1.82, 2.24) is 4.98 Å². The maximum Gasteiger partial charge on any atom is 0.337 e. The van der Waals surface area contributed by atoms with Crippen LogP contribution in [-0.4, -0.2) is 24.7 Å². The van der Waals surface area contributed by atoms with Crippen LogP contribution in [0.2, 0.25) is 0 Å². The van der Waals surface area contributed by atoms with Crippen LogP contribution in [0.3, 0.4) is 0 Å². The molecule has 0 aliphatic heterocycles. The number of carbonyl (C=O) groups excluding carboxylic acids is 1. The van der Waals surface area contributed by atoms with Crippen molar-refractivity contribution < 1.29 is 14.3 Å². The van der Waals surface area contributed by atoms with Crippen LogP contribution in [0.1, 0.15) is 22.8 Å². The van der Waals surface area contributed by atoms with Gasteiger partial charge < -0.3 is 14.8 Å². The van der Waals surface area contributed by atoms with Crippen molar-refractivity contribution in [1.29, 1.82) is 0 Å². The zero-order valence-electron chi connectivity index (χ0n) is 12.1. The van der Waals surface area contributed by atoms with Crippen molar-refractivity contribution in [2.75, 3.05) is 19.0 Å². The summed E-state index contributed by atoms with van der Waals surface area (Å²) in [5, 5.41) is 3.26. The molecule has 0 unspecified atom stereocenters. The van der Waals surface area contributed by atoms with Crippen molar-refractivity contribution in [3.63, 3.8) is 0 Å². The highest BCUT2D eigenvalue weighted by atomic mass is 16.5. The Morgan fingerprint density at radius 2 is 1.95 bits per heavy atom. The van der Waals surface area contributed by atoms with Gasteiger partial charge in [0, 0.05) is 12.6 Å². The highest BCUT2D eigenvalue weighted by Crippen LogP contribution is 2.13. The SMILES string of the molecule is CCOc1ccc(NCc2ccc(C(=O)OC)cc2)cn1. The molecule has 0 atom stereocenters. The molecule has 5 heteroatoms. The number of methoxy groups -OCH3 is 1. The zero-order valence-corrected chi connectivity index (χ0v) is 12.1. The summed E-state index contributed by atoms with van der Waals surface area (Å²) in [6.07, 6.45) is 1.73. The van der Waals surface area contributed by atoms with Crippen LogP contribution in [0.25, 0.3) is 0 Å². The average molecular weight is 286 g/mol. The summed E-state index contributed by atoms with van der Waals surface area (Å²) in [7, 11) is 1.37. The molecule has 2 rings (SSSR count). The van der Waals surface area contributed by atoms with Crippen LogP contribution in [0, 0.1) is 0 Å². The van der Waals surface area contributed by atoms with E-state index in [1.165, 1.54) is 7.11 Å². The highest BCUT2D eigenvalue weighted by molar-refractivity contribution is 5.89. The summed E-state index contributed by atoms with van der Waals surface area (Å²) in [4.78, 5) is 15.5. The number of rotatable bonds is 6. The topological polar surface area (TPSA) is 60.5 Å². The minimum Gasteiger partial charge on any atom is -0.478 e. The summed E-state index contributed by atoms with van der Waals surface area (Å²) in [5.41, 5.74) is 2.52. The lowest BCUT2D eigenvalue weighted by Gasteiger charge is -2.08. The minimum atomic E-state index is -0.328. The number of hydrogen-bond acceptors (Lipinski definition) is 5. The van der Waals surface area contributed by atoms with Crippen LogP contribution < -0.4 is 10.1 Å². The molecule has 1 heterocycles. The van der Waals surface area contributed by atoms with E-state index in [1.807, 2.05) is 31.2 Å². The van der Waals surface area contributed by atoms with Gasteiger partial charge in [-0.15, -0.1) is 0 Å². The molecule has 0 amide bonds. The molecule has 2 aromatic rings. The Kier molecular flexibility index (Phi) is 5.15. The molecule has 21 heavy (non-hydrogen) atoms. The summed E-state index contributed by atoms with van der Waals surface area (Å²) >= 11 is 0. The van der Waals surface area contributed by atoms with Crippen LogP contribution in [0.15, 0.2) is 42.6 Å². The maximum atomic E-state index is 11.3. The molecular weight excluding hydrogens is 268 g/mol. The third-order valence-electron chi connectivity index (χ3n) is 2.90. The van der Waals surface area contributed by atoms with Crippen molar-refractivity contribution in [3.05, 3.63) is 53.7 Å². The zero-order chi connectivity index (χ0) is 15.1. The molecule has 0 fully saturated rings. The Balaban J connectivity index is 1.91. The van der Waals surface area contributed by atoms with E-state index in [2.05, 4.69) is 15.0 Å². The van der Waals surface area contributed by atoms with Gasteiger partial charge in [-0.25, -0.2) is 9.78 Å². The predicted molar refractivity (Wildman–Crippen MR) is 80.5 cm³/mol. The lowest BCUT2D eigenvalue weighted by Crippen LogP contribution is -2.03. The second-order valence-electron chi connectivity index (χ2n) is 4.36. The summed E-state index contributed by atoms with van der Waals surface area (Å²) < 4.78 is 9.95. The van der Waals surface area contributed by atoms with Crippen molar-refractivity contribution in [3.8, 4) is 5.88 Å². The lowest BCUT2D eigenvalue weighted by atomic mass is 10.1. The molecule has 0 bridgehead atoms. The van der Waals surface area contributed by atoms with Gasteiger partial charge in [-0.3, -0.25) is 0 Å². The van der Waals surface area contributed by atoms with E-state index in [4.69, 9.17) is 4.74 Å². The Bertz CT molecular complexity index is 579. The minimum absolute atomic E-state index is 0.328. The number of nitrogens with zero attached hydrogens (tertiary/aromatic N) is 1. The maximum absolute atomic E-state index is 11.3. The fourth-order valence-corrected chi connectivity index (χ4v) is 1.80. The normalized spacial score (nSPS) is 10.0. The van der Waals surface area contributed by atoms with E-state index in [0.29, 0.717) is 24.6 Å². The Labute approximate surface area is 123 Å². The molecule has 0 aliphatic rings.